The molecule has 33 heteroatoms. The van der Waals surface area contributed by atoms with Gasteiger partial charge in [0, 0.05) is 38.5 Å². The van der Waals surface area contributed by atoms with Crippen LogP contribution in [0.3, 0.4) is 0 Å². The van der Waals surface area contributed by atoms with E-state index < -0.39 is 194 Å². The molecule has 0 spiro atoms. The van der Waals surface area contributed by atoms with Crippen LogP contribution in [-0.2, 0) is 83.7 Å². The van der Waals surface area contributed by atoms with Gasteiger partial charge in [0.15, 0.2) is 24.5 Å². The van der Waals surface area contributed by atoms with Crippen LogP contribution in [0.15, 0.2) is 55.8 Å². The van der Waals surface area contributed by atoms with Gasteiger partial charge < -0.3 is 84.2 Å². The average Bonchev–Trinajstić information content (AvgIpc) is 3.17. The van der Waals surface area contributed by atoms with E-state index >= 15 is 0 Å². The number of aromatic amines is 2. The van der Waals surface area contributed by atoms with E-state index in [0.29, 0.717) is 0 Å². The second-order valence-corrected chi connectivity index (χ2v) is 24.8. The number of fused-ring (bicyclic) bond motifs is 1. The van der Waals surface area contributed by atoms with Crippen molar-refractivity contribution in [2.24, 2.45) is 11.8 Å². The van der Waals surface area contributed by atoms with Crippen LogP contribution >= 0.6 is 0 Å². The Morgan fingerprint density at radius 1 is 0.782 bits per heavy atom. The predicted molar refractivity (Wildman–Crippen MR) is 295 cm³/mol. The zero-order valence-electron chi connectivity index (χ0n) is 47.4. The van der Waals surface area contributed by atoms with Crippen LogP contribution in [0.2, 0.25) is 0 Å². The van der Waals surface area contributed by atoms with Gasteiger partial charge in [-0.05, 0) is 79.1 Å². The molecule has 484 valence electrons. The lowest BCUT2D eigenvalue weighted by Gasteiger charge is -2.49. The number of ether oxygens (including phenoxy) is 8. The van der Waals surface area contributed by atoms with Crippen LogP contribution in [0.1, 0.15) is 87.2 Å². The number of aromatic nitrogens is 2. The standard InChI is InChI=1S/C54H74N4O27S2/c1-26-43(64)45(66)46(67)52(81-26)85-47-35(56-50(68)36-22-41(62)58-54(71)57-36)20-30(21-38(47)83-53-49(78-2)48(44(65)40(23-59)84-53)82-39(51(69)70)15-27-7-4-3-5-8-27)37(61)9-6-12-55-42(63)25-80-14-13-79-24-31(60)16-28-18-33(87(75,76)77)19-29-17-32(86(72,73)74)10-11-34(28)29/h10-11,17-19,22,26-27,30,35,38-40,43-49,52-53,59,64-67H,3-9,12-16,20-21,23-25H2,1-2H3,(H,55,63)(H,56,68)(H,69,70)(H,72,73,74)(H,75,76,77)(H2,57,58,62,71)/t26?,30?,35?,38-,39+,40+,43-,44+,45+,46?,47-,48?,49?,52+,53-/m1/s1. The normalized spacial score (nSPS) is 28.6. The molecule has 6 unspecified atom stereocenters. The Morgan fingerprint density at radius 3 is 2.13 bits per heavy atom. The summed E-state index contributed by atoms with van der Waals surface area (Å²) in [6, 6.07) is 4.72. The van der Waals surface area contributed by atoms with Crippen LogP contribution in [-0.4, -0.2) is 228 Å². The highest BCUT2D eigenvalue weighted by atomic mass is 32.2. The minimum absolute atomic E-state index is 0.00291. The number of aliphatic hydroxyl groups is 5. The molecule has 3 aromatic rings. The Labute approximate surface area is 497 Å². The smallest absolute Gasteiger partial charge is 0.332 e. The molecule has 0 bridgehead atoms. The fraction of sp³-hybridized carbons (Fsp3) is 0.648. The van der Waals surface area contributed by atoms with E-state index in [4.69, 9.17) is 37.9 Å². The monoisotopic (exact) mass is 1270 g/mol. The first kappa shape index (κ1) is 68.9. The Bertz CT molecular complexity index is 3210. The van der Waals surface area contributed by atoms with Crippen LogP contribution in [0.5, 0.6) is 0 Å². The highest BCUT2D eigenvalue weighted by molar-refractivity contribution is 7.86. The Morgan fingerprint density at radius 2 is 1.47 bits per heavy atom. The van der Waals surface area contributed by atoms with Crippen molar-refractivity contribution in [3.05, 3.63) is 68.5 Å². The number of methoxy groups -OCH3 is 1. The van der Waals surface area contributed by atoms with E-state index in [1.807, 2.05) is 4.98 Å². The van der Waals surface area contributed by atoms with Crippen molar-refractivity contribution in [1.29, 1.82) is 0 Å². The zero-order chi connectivity index (χ0) is 63.5. The Hall–Kier alpha value is -5.57. The number of nitrogens with one attached hydrogen (secondary N) is 4. The van der Waals surface area contributed by atoms with Crippen molar-refractivity contribution in [3.63, 3.8) is 0 Å². The number of rotatable bonds is 29. The molecule has 1 aromatic heterocycles. The molecule has 0 radical (unpaired) electrons. The molecule has 2 amide bonds. The molecule has 2 aliphatic carbocycles. The molecular formula is C54H74N4O27S2. The maximum Gasteiger partial charge on any atom is 0.332 e. The molecule has 15 atom stereocenters. The van der Waals surface area contributed by atoms with Gasteiger partial charge in [0.05, 0.1) is 47.9 Å². The molecule has 12 N–H and O–H groups in total. The van der Waals surface area contributed by atoms with Crippen LogP contribution in [0.4, 0.5) is 0 Å². The number of H-pyrrole nitrogens is 2. The molecule has 3 heterocycles. The predicted octanol–water partition coefficient (Wildman–Crippen LogP) is -1.97. The maximum absolute atomic E-state index is 14.3. The summed E-state index contributed by atoms with van der Waals surface area (Å²) in [6.45, 7) is -0.854. The van der Waals surface area contributed by atoms with Gasteiger partial charge in [-0.25, -0.2) is 9.59 Å². The van der Waals surface area contributed by atoms with E-state index in [1.165, 1.54) is 20.1 Å². The van der Waals surface area contributed by atoms with Gasteiger partial charge in [-0.1, -0.05) is 38.2 Å². The highest BCUT2D eigenvalue weighted by Crippen LogP contribution is 2.38. The minimum Gasteiger partial charge on any atom is -0.479 e. The fourth-order valence-corrected chi connectivity index (χ4v) is 12.3. The minimum atomic E-state index is -4.80. The molecule has 2 saturated heterocycles. The lowest BCUT2D eigenvalue weighted by molar-refractivity contribution is -0.349. The van der Waals surface area contributed by atoms with Crippen LogP contribution in [0, 0.1) is 11.8 Å². The molecule has 87 heavy (non-hydrogen) atoms. The number of amides is 2. The molecule has 4 fully saturated rings. The van der Waals surface area contributed by atoms with Crippen LogP contribution in [0.25, 0.3) is 10.8 Å². The van der Waals surface area contributed by atoms with Crippen molar-refractivity contribution in [2.75, 3.05) is 46.7 Å². The van der Waals surface area contributed by atoms with Crippen molar-refractivity contribution >= 4 is 60.4 Å². The third kappa shape index (κ3) is 18.5. The van der Waals surface area contributed by atoms with Gasteiger partial charge >= 0.3 is 11.7 Å². The Kier molecular flexibility index (Phi) is 24.4. The number of hydrogen-bond donors (Lipinski definition) is 12. The summed E-state index contributed by atoms with van der Waals surface area (Å²) in [5, 5.41) is 70.4. The topological polar surface area (TPSA) is 479 Å². The number of Topliss-reactive ketones (excluding diaryl/α,β-unsaturated/α-hetero) is 2. The number of aliphatic hydroxyl groups excluding tert-OH is 5. The second-order valence-electron chi connectivity index (χ2n) is 21.9. The summed E-state index contributed by atoms with van der Waals surface area (Å²) in [5.41, 5.74) is -2.41. The van der Waals surface area contributed by atoms with Crippen molar-refractivity contribution in [2.45, 2.75) is 173 Å². The number of aliphatic carboxylic acids is 1. The van der Waals surface area contributed by atoms with E-state index in [-0.39, 0.29) is 74.1 Å². The summed E-state index contributed by atoms with van der Waals surface area (Å²) in [4.78, 5) is 94.2. The molecule has 4 aliphatic rings. The summed E-state index contributed by atoms with van der Waals surface area (Å²) < 4.78 is 114. The van der Waals surface area contributed by atoms with E-state index in [2.05, 4.69) is 15.6 Å². The molecule has 31 nitrogen and oxygen atoms in total. The molecule has 2 aromatic carbocycles. The third-order valence-corrected chi connectivity index (χ3v) is 17.4. The first-order chi connectivity index (χ1) is 41.1. The van der Waals surface area contributed by atoms with Crippen molar-refractivity contribution in [3.8, 4) is 0 Å². The van der Waals surface area contributed by atoms with Gasteiger partial charge in [0.2, 0.25) is 5.91 Å². The largest absolute Gasteiger partial charge is 0.479 e. The number of benzene rings is 2. The molecule has 2 saturated carbocycles. The fourth-order valence-electron chi connectivity index (χ4n) is 11.2. The zero-order valence-corrected chi connectivity index (χ0v) is 49.0. The second kappa shape index (κ2) is 30.8. The summed E-state index contributed by atoms with van der Waals surface area (Å²) in [7, 11) is -8.28. The van der Waals surface area contributed by atoms with Gasteiger partial charge in [-0.15, -0.1) is 0 Å². The van der Waals surface area contributed by atoms with Gasteiger partial charge in [0.1, 0.15) is 73.5 Å². The lowest BCUT2D eigenvalue weighted by Crippen LogP contribution is -2.65. The highest BCUT2D eigenvalue weighted by Gasteiger charge is 2.53. The van der Waals surface area contributed by atoms with Gasteiger partial charge in [-0.2, -0.15) is 16.8 Å². The first-order valence-electron chi connectivity index (χ1n) is 28.1. The number of carbonyl (C=O) groups is 5. The maximum atomic E-state index is 14.3. The third-order valence-electron chi connectivity index (χ3n) is 15.7. The summed E-state index contributed by atoms with van der Waals surface area (Å²) in [6.07, 6.45) is -17.2. The number of carboxylic acids is 1. The SMILES string of the molecule is COC1C(O[C@@H](CC2CCCCC2)C(=O)O)[C@@H](O)[C@H](CO)O[C@H]1O[C@@H]1CC(C(=O)CCCNC(=O)COCCOCC(=O)Cc2cc(S(=O)(=O)O)cc3cc(S(=O)(=O)O)ccc23)CC(NC(=O)c2cc(=O)[nH]c(=O)[nH]2)[C@H]1O[C@@H]1OC(C)[C@@H](O)[C@H](O)C1O. The number of hydrogen-bond acceptors (Lipinski definition) is 24. The first-order valence-corrected chi connectivity index (χ1v) is 31.0. The van der Waals surface area contributed by atoms with E-state index in [9.17, 15) is 90.1 Å². The van der Waals surface area contributed by atoms with Gasteiger partial charge in [0.25, 0.3) is 31.7 Å². The average molecular weight is 1280 g/mol. The van der Waals surface area contributed by atoms with E-state index in [0.717, 1.165) is 62.4 Å². The Balaban J connectivity index is 1.01. The number of carbonyl (C=O) groups excluding carboxylic acids is 4. The van der Waals surface area contributed by atoms with Crippen molar-refractivity contribution < 1.29 is 118 Å². The summed E-state index contributed by atoms with van der Waals surface area (Å²) in [5.74, 6) is -5.05. The molecule has 7 rings (SSSR count). The van der Waals surface area contributed by atoms with Gasteiger partial charge in [-0.3, -0.25) is 38.1 Å². The lowest BCUT2D eigenvalue weighted by atomic mass is 9.78. The molecular weight excluding hydrogens is 1200 g/mol. The van der Waals surface area contributed by atoms with E-state index in [1.54, 1.807) is 0 Å². The number of ketones is 2. The summed E-state index contributed by atoms with van der Waals surface area (Å²) >= 11 is 0. The molecule has 2 aliphatic heterocycles. The van der Waals surface area contributed by atoms with Crippen LogP contribution < -0.4 is 21.9 Å². The number of carboxylic acid groups (broad SMARTS) is 1. The van der Waals surface area contributed by atoms with Crippen molar-refractivity contribution in [1.82, 2.24) is 20.6 Å². The quantitative estimate of drug-likeness (QED) is 0.0265.